The molecule has 2 aliphatic heterocycles. The maximum absolute atomic E-state index is 12.8. The van der Waals surface area contributed by atoms with Crippen molar-refractivity contribution >= 4 is 17.9 Å². The molecule has 1 fully saturated rings. The summed E-state index contributed by atoms with van der Waals surface area (Å²) >= 11 is 0. The predicted molar refractivity (Wildman–Crippen MR) is 86.0 cm³/mol. The number of amides is 3. The van der Waals surface area contributed by atoms with Crippen molar-refractivity contribution in [3.05, 3.63) is 23.8 Å². The number of benzene rings is 1. The topological polar surface area (TPSA) is 94.2 Å². The fourth-order valence-electron chi connectivity index (χ4n) is 2.79. The molecule has 25 heavy (non-hydrogen) atoms. The number of urea groups is 1. The minimum atomic E-state index is -1.22. The summed E-state index contributed by atoms with van der Waals surface area (Å²) < 4.78 is 15.6. The van der Waals surface area contributed by atoms with Gasteiger partial charge >= 0.3 is 12.0 Å². The van der Waals surface area contributed by atoms with Crippen LogP contribution in [0.5, 0.6) is 11.5 Å². The summed E-state index contributed by atoms with van der Waals surface area (Å²) in [6.45, 7) is 3.95. The SMILES string of the molecule is CCCOC(=O)CCN1C(=O)N[C@](C)(c2ccc3c(c2)OCO3)C1=O. The van der Waals surface area contributed by atoms with Gasteiger partial charge in [-0.05, 0) is 31.0 Å². The standard InChI is InChI=1S/C17H20N2O6/c1-3-8-23-14(20)6-7-19-15(21)17(2,18-16(19)22)11-4-5-12-13(9-11)25-10-24-12/h4-5,9H,3,6-8,10H2,1-2H3,(H,18,22)/t17-/m1/s1. The quantitative estimate of drug-likeness (QED) is 0.619. The van der Waals surface area contributed by atoms with Crippen LogP contribution in [-0.4, -0.2) is 42.8 Å². The lowest BCUT2D eigenvalue weighted by atomic mass is 9.91. The fourth-order valence-corrected chi connectivity index (χ4v) is 2.79. The van der Waals surface area contributed by atoms with Gasteiger partial charge in [0, 0.05) is 6.54 Å². The van der Waals surface area contributed by atoms with E-state index in [0.29, 0.717) is 23.7 Å². The highest BCUT2D eigenvalue weighted by Crippen LogP contribution is 2.37. The van der Waals surface area contributed by atoms with Gasteiger partial charge in [-0.25, -0.2) is 4.79 Å². The lowest BCUT2D eigenvalue weighted by molar-refractivity contribution is -0.144. The normalized spacial score (nSPS) is 21.4. The molecule has 0 unspecified atom stereocenters. The number of nitrogens with one attached hydrogen (secondary N) is 1. The van der Waals surface area contributed by atoms with E-state index in [1.165, 1.54) is 0 Å². The molecule has 3 amide bonds. The summed E-state index contributed by atoms with van der Waals surface area (Å²) in [5.41, 5.74) is -0.628. The number of rotatable bonds is 6. The van der Waals surface area contributed by atoms with Crippen molar-refractivity contribution in [1.82, 2.24) is 10.2 Å². The third-order valence-corrected chi connectivity index (χ3v) is 4.23. The monoisotopic (exact) mass is 348 g/mol. The molecule has 1 aromatic rings. The van der Waals surface area contributed by atoms with Crippen molar-refractivity contribution in [2.45, 2.75) is 32.2 Å². The number of hydrogen-bond acceptors (Lipinski definition) is 6. The second-order valence-electron chi connectivity index (χ2n) is 6.05. The van der Waals surface area contributed by atoms with Gasteiger partial charge < -0.3 is 19.5 Å². The van der Waals surface area contributed by atoms with Gasteiger partial charge in [0.15, 0.2) is 11.5 Å². The third-order valence-electron chi connectivity index (χ3n) is 4.23. The number of fused-ring (bicyclic) bond motifs is 1. The molecule has 2 heterocycles. The van der Waals surface area contributed by atoms with Gasteiger partial charge in [0.05, 0.1) is 13.0 Å². The van der Waals surface area contributed by atoms with E-state index in [9.17, 15) is 14.4 Å². The zero-order valence-electron chi connectivity index (χ0n) is 14.2. The Morgan fingerprint density at radius 3 is 2.84 bits per heavy atom. The van der Waals surface area contributed by atoms with Crippen LogP contribution in [0.4, 0.5) is 4.79 Å². The van der Waals surface area contributed by atoms with Gasteiger partial charge in [-0.15, -0.1) is 0 Å². The maximum Gasteiger partial charge on any atom is 0.325 e. The number of carbonyl (C=O) groups is 3. The average molecular weight is 348 g/mol. The molecule has 134 valence electrons. The molecule has 0 aromatic heterocycles. The Morgan fingerprint density at radius 2 is 2.08 bits per heavy atom. The molecule has 8 nitrogen and oxygen atoms in total. The Balaban J connectivity index is 1.72. The summed E-state index contributed by atoms with van der Waals surface area (Å²) in [5.74, 6) is 0.279. The van der Waals surface area contributed by atoms with Gasteiger partial charge in [-0.1, -0.05) is 13.0 Å². The molecule has 2 aliphatic rings. The van der Waals surface area contributed by atoms with Gasteiger partial charge in [0.1, 0.15) is 5.54 Å². The Bertz CT molecular complexity index is 719. The Hall–Kier alpha value is -2.77. The number of imide groups is 1. The van der Waals surface area contributed by atoms with Crippen LogP contribution in [0.1, 0.15) is 32.3 Å². The van der Waals surface area contributed by atoms with Crippen LogP contribution >= 0.6 is 0 Å². The van der Waals surface area contributed by atoms with Crippen molar-refractivity contribution in [2.75, 3.05) is 19.9 Å². The Kier molecular flexibility index (Phi) is 4.52. The number of esters is 1. The molecule has 0 radical (unpaired) electrons. The molecule has 0 bridgehead atoms. The van der Waals surface area contributed by atoms with Crippen LogP contribution in [0, 0.1) is 0 Å². The Morgan fingerprint density at radius 1 is 1.32 bits per heavy atom. The van der Waals surface area contributed by atoms with Crippen molar-refractivity contribution in [1.29, 1.82) is 0 Å². The number of nitrogens with zero attached hydrogens (tertiary/aromatic N) is 1. The van der Waals surface area contributed by atoms with Crippen LogP contribution in [0.25, 0.3) is 0 Å². The van der Waals surface area contributed by atoms with Gasteiger partial charge in [-0.2, -0.15) is 0 Å². The van der Waals surface area contributed by atoms with Crippen LogP contribution in [0.15, 0.2) is 18.2 Å². The number of ether oxygens (including phenoxy) is 3. The van der Waals surface area contributed by atoms with E-state index in [4.69, 9.17) is 14.2 Å². The fraction of sp³-hybridized carbons (Fsp3) is 0.471. The Labute approximate surface area is 145 Å². The van der Waals surface area contributed by atoms with Gasteiger partial charge in [0.25, 0.3) is 5.91 Å². The van der Waals surface area contributed by atoms with E-state index in [0.717, 1.165) is 11.3 Å². The van der Waals surface area contributed by atoms with E-state index in [1.54, 1.807) is 25.1 Å². The first kappa shape index (κ1) is 17.1. The second-order valence-corrected chi connectivity index (χ2v) is 6.05. The first-order valence-corrected chi connectivity index (χ1v) is 8.15. The second kappa shape index (κ2) is 6.62. The number of hydrogen-bond donors (Lipinski definition) is 1. The molecule has 0 spiro atoms. The highest BCUT2D eigenvalue weighted by atomic mass is 16.7. The lowest BCUT2D eigenvalue weighted by Gasteiger charge is -2.22. The van der Waals surface area contributed by atoms with Gasteiger partial charge in [-0.3, -0.25) is 14.5 Å². The lowest BCUT2D eigenvalue weighted by Crippen LogP contribution is -2.41. The molecule has 3 rings (SSSR count). The van der Waals surface area contributed by atoms with E-state index in [2.05, 4.69) is 5.32 Å². The van der Waals surface area contributed by atoms with E-state index >= 15 is 0 Å². The van der Waals surface area contributed by atoms with E-state index in [1.807, 2.05) is 6.92 Å². The molecule has 0 saturated carbocycles. The first-order valence-electron chi connectivity index (χ1n) is 8.15. The molecule has 8 heteroatoms. The van der Waals surface area contributed by atoms with E-state index in [-0.39, 0.29) is 19.8 Å². The summed E-state index contributed by atoms with van der Waals surface area (Å²) in [4.78, 5) is 37.7. The largest absolute Gasteiger partial charge is 0.466 e. The molecule has 0 aliphatic carbocycles. The average Bonchev–Trinajstić information content (AvgIpc) is 3.14. The van der Waals surface area contributed by atoms with Crippen LogP contribution in [-0.2, 0) is 19.9 Å². The maximum atomic E-state index is 12.8. The minimum absolute atomic E-state index is 0.0205. The molecular weight excluding hydrogens is 328 g/mol. The van der Waals surface area contributed by atoms with Gasteiger partial charge in [0.2, 0.25) is 6.79 Å². The van der Waals surface area contributed by atoms with Crippen molar-refractivity contribution in [2.24, 2.45) is 0 Å². The summed E-state index contributed by atoms with van der Waals surface area (Å²) in [7, 11) is 0. The molecule has 1 saturated heterocycles. The third kappa shape index (κ3) is 3.11. The highest BCUT2D eigenvalue weighted by Gasteiger charge is 2.49. The predicted octanol–water partition coefficient (Wildman–Crippen LogP) is 1.53. The summed E-state index contributed by atoms with van der Waals surface area (Å²) in [6.07, 6.45) is 0.688. The van der Waals surface area contributed by atoms with E-state index < -0.39 is 23.4 Å². The smallest absolute Gasteiger partial charge is 0.325 e. The molecule has 1 N–H and O–H groups in total. The first-order chi connectivity index (χ1) is 12.0. The molecule has 1 aromatic carbocycles. The molecule has 1 atom stereocenters. The van der Waals surface area contributed by atoms with Crippen LogP contribution in [0.3, 0.4) is 0 Å². The van der Waals surface area contributed by atoms with Crippen LogP contribution in [0.2, 0.25) is 0 Å². The zero-order chi connectivity index (χ0) is 18.0. The molecular formula is C17H20N2O6. The minimum Gasteiger partial charge on any atom is -0.466 e. The summed E-state index contributed by atoms with van der Waals surface area (Å²) in [6, 6.07) is 4.56. The van der Waals surface area contributed by atoms with Crippen molar-refractivity contribution < 1.29 is 28.6 Å². The van der Waals surface area contributed by atoms with Crippen molar-refractivity contribution in [3.63, 3.8) is 0 Å². The highest BCUT2D eigenvalue weighted by molar-refractivity contribution is 6.07. The number of carbonyl (C=O) groups excluding carboxylic acids is 3. The summed E-state index contributed by atoms with van der Waals surface area (Å²) in [5, 5.41) is 2.69. The zero-order valence-corrected chi connectivity index (χ0v) is 14.2. The van der Waals surface area contributed by atoms with Crippen molar-refractivity contribution in [3.8, 4) is 11.5 Å². The van der Waals surface area contributed by atoms with Crippen LogP contribution < -0.4 is 14.8 Å².